The second-order valence-corrected chi connectivity index (χ2v) is 7.73. The van der Waals surface area contributed by atoms with Crippen molar-refractivity contribution in [3.8, 4) is 0 Å². The van der Waals surface area contributed by atoms with Crippen LogP contribution in [0.1, 0.15) is 31.0 Å². The van der Waals surface area contributed by atoms with Crippen molar-refractivity contribution in [2.75, 3.05) is 32.2 Å². The molecular formula is C22H24BrClN2O6. The molecule has 1 unspecified atom stereocenters. The molecule has 8 nitrogen and oxygen atoms in total. The van der Waals surface area contributed by atoms with Crippen molar-refractivity contribution in [2.45, 2.75) is 19.9 Å². The average Bonchev–Trinajstić information content (AvgIpc) is 2.76. The second kappa shape index (κ2) is 12.3. The van der Waals surface area contributed by atoms with E-state index in [4.69, 9.17) is 25.8 Å². The largest absolute Gasteiger partial charge is 0.468 e. The number of methoxy groups -OCH3 is 1. The molecule has 0 radical (unpaired) electrons. The molecule has 10 heteroatoms. The summed E-state index contributed by atoms with van der Waals surface area (Å²) in [5.41, 5.74) is 1.38. The van der Waals surface area contributed by atoms with E-state index in [-0.39, 0.29) is 13.2 Å². The highest BCUT2D eigenvalue weighted by molar-refractivity contribution is 9.10. The highest BCUT2D eigenvalue weighted by Crippen LogP contribution is 2.38. The second-order valence-electron chi connectivity index (χ2n) is 6.40. The van der Waals surface area contributed by atoms with Crippen LogP contribution in [-0.2, 0) is 19.0 Å². The lowest BCUT2D eigenvalue weighted by atomic mass is 9.95. The Morgan fingerprint density at radius 1 is 1.06 bits per heavy atom. The molecule has 0 aliphatic rings. The van der Waals surface area contributed by atoms with Gasteiger partial charge in [0.05, 0.1) is 26.4 Å². The highest BCUT2D eigenvalue weighted by atomic mass is 79.9. The first-order chi connectivity index (χ1) is 15.3. The van der Waals surface area contributed by atoms with Crippen molar-refractivity contribution in [1.82, 2.24) is 4.90 Å². The molecule has 2 aromatic rings. The number of halogens is 2. The lowest BCUT2D eigenvalue weighted by Crippen LogP contribution is -2.40. The fourth-order valence-electron chi connectivity index (χ4n) is 3.02. The van der Waals surface area contributed by atoms with Crippen molar-refractivity contribution in [2.24, 2.45) is 0 Å². The van der Waals surface area contributed by atoms with Gasteiger partial charge in [0.1, 0.15) is 6.54 Å². The van der Waals surface area contributed by atoms with Crippen LogP contribution in [0.3, 0.4) is 0 Å². The summed E-state index contributed by atoms with van der Waals surface area (Å²) < 4.78 is 15.7. The van der Waals surface area contributed by atoms with Gasteiger partial charge >= 0.3 is 18.2 Å². The molecule has 0 saturated carbocycles. The van der Waals surface area contributed by atoms with Crippen molar-refractivity contribution < 1.29 is 28.6 Å². The van der Waals surface area contributed by atoms with Crippen LogP contribution in [0.2, 0.25) is 5.02 Å². The van der Waals surface area contributed by atoms with E-state index in [0.29, 0.717) is 26.3 Å². The van der Waals surface area contributed by atoms with E-state index in [2.05, 4.69) is 21.2 Å². The van der Waals surface area contributed by atoms with Gasteiger partial charge in [-0.15, -0.1) is 0 Å². The van der Waals surface area contributed by atoms with E-state index in [9.17, 15) is 14.4 Å². The zero-order valence-electron chi connectivity index (χ0n) is 17.9. The van der Waals surface area contributed by atoms with Gasteiger partial charge in [-0.3, -0.25) is 15.0 Å². The number of carbonyl (C=O) groups is 3. The van der Waals surface area contributed by atoms with Crippen LogP contribution >= 0.6 is 27.5 Å². The van der Waals surface area contributed by atoms with Crippen LogP contribution < -0.4 is 5.32 Å². The summed E-state index contributed by atoms with van der Waals surface area (Å²) in [5.74, 6) is -0.648. The molecule has 0 spiro atoms. The first kappa shape index (κ1) is 25.5. The lowest BCUT2D eigenvalue weighted by molar-refractivity contribution is -0.142. The summed E-state index contributed by atoms with van der Waals surface area (Å²) in [5, 5.41) is 3.04. The summed E-state index contributed by atoms with van der Waals surface area (Å²) in [6, 6.07) is 11.1. The first-order valence-corrected chi connectivity index (χ1v) is 11.0. The maximum absolute atomic E-state index is 12.9. The molecule has 2 amide bonds. The van der Waals surface area contributed by atoms with Gasteiger partial charge < -0.3 is 14.2 Å². The molecule has 1 N–H and O–H groups in total. The van der Waals surface area contributed by atoms with Gasteiger partial charge in [-0.2, -0.15) is 0 Å². The highest BCUT2D eigenvalue weighted by Gasteiger charge is 2.33. The van der Waals surface area contributed by atoms with E-state index >= 15 is 0 Å². The predicted molar refractivity (Wildman–Crippen MR) is 124 cm³/mol. The number of carbonyl (C=O) groups excluding carboxylic acids is 3. The smallest absolute Gasteiger partial charge is 0.411 e. The van der Waals surface area contributed by atoms with E-state index < -0.39 is 30.7 Å². The van der Waals surface area contributed by atoms with Crippen LogP contribution in [-0.4, -0.2) is 49.9 Å². The number of hydrogen-bond acceptors (Lipinski definition) is 6. The fourth-order valence-corrected chi connectivity index (χ4v) is 3.64. The topological polar surface area (TPSA) is 94.2 Å². The lowest BCUT2D eigenvalue weighted by Gasteiger charge is -2.32. The number of rotatable bonds is 8. The van der Waals surface area contributed by atoms with Gasteiger partial charge in [-0.05, 0) is 43.7 Å². The number of anilines is 1. The number of benzene rings is 2. The number of hydrogen-bond donors (Lipinski definition) is 1. The van der Waals surface area contributed by atoms with Crippen molar-refractivity contribution in [3.05, 3.63) is 63.1 Å². The van der Waals surface area contributed by atoms with Gasteiger partial charge in [0.15, 0.2) is 0 Å². The predicted octanol–water partition coefficient (Wildman–Crippen LogP) is 5.39. The molecular weight excluding hydrogens is 504 g/mol. The van der Waals surface area contributed by atoms with Crippen molar-refractivity contribution in [1.29, 1.82) is 0 Å². The van der Waals surface area contributed by atoms with E-state index in [0.717, 1.165) is 0 Å². The van der Waals surface area contributed by atoms with Gasteiger partial charge in [0.25, 0.3) is 0 Å². The third-order valence-electron chi connectivity index (χ3n) is 4.36. The van der Waals surface area contributed by atoms with Crippen molar-refractivity contribution in [3.63, 3.8) is 0 Å². The molecule has 2 rings (SSSR count). The maximum Gasteiger partial charge on any atom is 0.411 e. The zero-order chi connectivity index (χ0) is 23.7. The Labute approximate surface area is 199 Å². The maximum atomic E-state index is 12.9. The molecule has 2 aromatic carbocycles. The Morgan fingerprint density at radius 3 is 2.38 bits per heavy atom. The van der Waals surface area contributed by atoms with Crippen LogP contribution in [0, 0.1) is 0 Å². The number of amides is 2. The minimum Gasteiger partial charge on any atom is -0.468 e. The van der Waals surface area contributed by atoms with E-state index in [1.807, 2.05) is 0 Å². The van der Waals surface area contributed by atoms with Crippen LogP contribution in [0.4, 0.5) is 15.3 Å². The molecule has 0 saturated heterocycles. The Balaban J connectivity index is 2.72. The third-order valence-corrected chi connectivity index (χ3v) is 5.20. The van der Waals surface area contributed by atoms with Gasteiger partial charge in [-0.1, -0.05) is 45.7 Å². The molecule has 0 heterocycles. The molecule has 0 aliphatic carbocycles. The summed E-state index contributed by atoms with van der Waals surface area (Å²) >= 11 is 9.92. The summed E-state index contributed by atoms with van der Waals surface area (Å²) in [7, 11) is 1.23. The number of ether oxygens (including phenoxy) is 3. The van der Waals surface area contributed by atoms with E-state index in [1.54, 1.807) is 56.3 Å². The van der Waals surface area contributed by atoms with Crippen LogP contribution in [0.15, 0.2) is 46.9 Å². The molecule has 1 atom stereocenters. The van der Waals surface area contributed by atoms with Crippen LogP contribution in [0.25, 0.3) is 0 Å². The van der Waals surface area contributed by atoms with Gasteiger partial charge in [0, 0.05) is 20.7 Å². The molecule has 0 bridgehead atoms. The standard InChI is InChI=1S/C22H24BrClN2O6/c1-4-31-21(28)25-18-11-10-14(23)12-16(18)20(15-8-6-7-9-17(15)24)26(13-19(27)30-3)22(29)32-5-2/h6-12,20H,4-5,13H2,1-3H3,(H,25,28). The Kier molecular flexibility index (Phi) is 9.80. The van der Waals surface area contributed by atoms with Crippen LogP contribution in [0.5, 0.6) is 0 Å². The Bertz CT molecular complexity index is 971. The molecule has 0 fully saturated rings. The number of nitrogens with one attached hydrogen (secondary N) is 1. The van der Waals surface area contributed by atoms with Gasteiger partial charge in [-0.25, -0.2) is 9.59 Å². The Morgan fingerprint density at radius 2 is 1.75 bits per heavy atom. The Hall–Kier alpha value is -2.78. The fraction of sp³-hybridized carbons (Fsp3) is 0.318. The molecule has 0 aliphatic heterocycles. The van der Waals surface area contributed by atoms with Crippen molar-refractivity contribution >= 4 is 51.4 Å². The summed E-state index contributed by atoms with van der Waals surface area (Å²) in [6.07, 6.45) is -1.41. The van der Waals surface area contributed by atoms with Gasteiger partial charge in [0.2, 0.25) is 0 Å². The first-order valence-electron chi connectivity index (χ1n) is 9.80. The summed E-state index contributed by atoms with van der Waals surface area (Å²) in [4.78, 5) is 38.5. The number of esters is 1. The molecule has 172 valence electrons. The third kappa shape index (κ3) is 6.61. The summed E-state index contributed by atoms with van der Waals surface area (Å²) in [6.45, 7) is 3.22. The SMILES string of the molecule is CCOC(=O)Nc1ccc(Br)cc1C(c1ccccc1Cl)N(CC(=O)OC)C(=O)OCC. The minimum absolute atomic E-state index is 0.0954. The quantitative estimate of drug-likeness (QED) is 0.365. The average molecular weight is 528 g/mol. The molecule has 32 heavy (non-hydrogen) atoms. The monoisotopic (exact) mass is 526 g/mol. The number of nitrogens with zero attached hydrogens (tertiary/aromatic N) is 1. The normalized spacial score (nSPS) is 11.3. The van der Waals surface area contributed by atoms with E-state index in [1.165, 1.54) is 12.0 Å². The molecule has 0 aromatic heterocycles. The zero-order valence-corrected chi connectivity index (χ0v) is 20.2. The minimum atomic E-state index is -0.892.